The summed E-state index contributed by atoms with van der Waals surface area (Å²) in [6.45, 7) is 0. The van der Waals surface area contributed by atoms with Crippen LogP contribution in [0.15, 0.2) is 12.1 Å². The van der Waals surface area contributed by atoms with Gasteiger partial charge in [0, 0.05) is 0 Å². The van der Waals surface area contributed by atoms with Gasteiger partial charge in [-0.05, 0) is 12.1 Å². The van der Waals surface area contributed by atoms with Crippen molar-refractivity contribution in [2.45, 2.75) is 6.36 Å². The molecule has 1 rings (SSSR count). The van der Waals surface area contributed by atoms with Crippen LogP contribution in [0.5, 0.6) is 5.75 Å². The number of ether oxygens (including phenoxy) is 1. The molecule has 0 heterocycles. The van der Waals surface area contributed by atoms with Crippen LogP contribution < -0.4 is 4.74 Å². The first-order chi connectivity index (χ1) is 7.22. The van der Waals surface area contributed by atoms with E-state index >= 15 is 0 Å². The maximum atomic E-state index is 12.8. The molecule has 1 aromatic rings. The third-order valence-corrected chi connectivity index (χ3v) is 1.43. The molecule has 4 nitrogen and oxygen atoms in total. The van der Waals surface area contributed by atoms with Crippen molar-refractivity contribution < 1.29 is 31.6 Å². The number of halogens is 5. The van der Waals surface area contributed by atoms with Gasteiger partial charge in [-0.1, -0.05) is 0 Å². The van der Waals surface area contributed by atoms with Crippen molar-refractivity contribution in [1.82, 2.24) is 0 Å². The molecule has 0 atom stereocenters. The van der Waals surface area contributed by atoms with Gasteiger partial charge in [0.1, 0.15) is 0 Å². The van der Waals surface area contributed by atoms with E-state index in [-0.39, 0.29) is 0 Å². The average molecular weight is 243 g/mol. The van der Waals surface area contributed by atoms with Crippen molar-refractivity contribution in [2.75, 3.05) is 0 Å². The van der Waals surface area contributed by atoms with E-state index in [4.69, 9.17) is 0 Å². The molecule has 0 amide bonds. The SMILES string of the molecule is O=[N+]([O-])c1c(F)ccc(F)c1OC(F)(F)F. The van der Waals surface area contributed by atoms with Gasteiger partial charge >= 0.3 is 12.0 Å². The minimum atomic E-state index is -5.35. The number of benzene rings is 1. The second kappa shape index (κ2) is 3.91. The Bertz CT molecular complexity index is 431. The molecule has 0 unspecified atom stereocenters. The fourth-order valence-electron chi connectivity index (χ4n) is 0.905. The Kier molecular flexibility index (Phi) is 2.97. The van der Waals surface area contributed by atoms with Crippen molar-refractivity contribution in [3.8, 4) is 5.75 Å². The first kappa shape index (κ1) is 12.1. The molecule has 0 radical (unpaired) electrons. The van der Waals surface area contributed by atoms with Crippen molar-refractivity contribution >= 4 is 5.69 Å². The van der Waals surface area contributed by atoms with Gasteiger partial charge in [0.25, 0.3) is 0 Å². The van der Waals surface area contributed by atoms with E-state index < -0.39 is 34.4 Å². The number of nitrogens with zero attached hydrogens (tertiary/aromatic N) is 1. The topological polar surface area (TPSA) is 52.4 Å². The quantitative estimate of drug-likeness (QED) is 0.456. The van der Waals surface area contributed by atoms with Crippen LogP contribution in [-0.4, -0.2) is 11.3 Å². The van der Waals surface area contributed by atoms with Gasteiger partial charge < -0.3 is 4.74 Å². The minimum absolute atomic E-state index is 0.295. The second-order valence-corrected chi connectivity index (χ2v) is 2.51. The van der Waals surface area contributed by atoms with Gasteiger partial charge in [0.2, 0.25) is 11.6 Å². The van der Waals surface area contributed by atoms with Crippen LogP contribution in [0.1, 0.15) is 0 Å². The number of nitro benzene ring substituents is 1. The summed E-state index contributed by atoms with van der Waals surface area (Å²) in [5.74, 6) is -5.09. The molecule has 0 aliphatic rings. The van der Waals surface area contributed by atoms with Crippen LogP contribution in [0.2, 0.25) is 0 Å². The van der Waals surface area contributed by atoms with Crippen molar-refractivity contribution in [3.63, 3.8) is 0 Å². The largest absolute Gasteiger partial charge is 0.573 e. The Labute approximate surface area is 84.4 Å². The Morgan fingerprint density at radius 3 is 2.12 bits per heavy atom. The first-order valence-electron chi connectivity index (χ1n) is 3.60. The fraction of sp³-hybridized carbons (Fsp3) is 0.143. The van der Waals surface area contributed by atoms with E-state index in [0.717, 1.165) is 0 Å². The van der Waals surface area contributed by atoms with Crippen LogP contribution in [0.25, 0.3) is 0 Å². The smallest absolute Gasteiger partial charge is 0.395 e. The summed E-state index contributed by atoms with van der Waals surface area (Å²) in [4.78, 5) is 8.73. The Morgan fingerprint density at radius 1 is 1.19 bits per heavy atom. The van der Waals surface area contributed by atoms with Gasteiger partial charge in [0.05, 0.1) is 4.92 Å². The maximum Gasteiger partial charge on any atom is 0.573 e. The number of nitro groups is 1. The number of hydrogen-bond acceptors (Lipinski definition) is 3. The number of hydrogen-bond donors (Lipinski definition) is 0. The molecule has 0 N–H and O–H groups in total. The molecule has 0 saturated carbocycles. The van der Waals surface area contributed by atoms with E-state index in [0.29, 0.717) is 12.1 Å². The summed E-state index contributed by atoms with van der Waals surface area (Å²) in [5.41, 5.74) is -1.70. The Morgan fingerprint density at radius 2 is 1.69 bits per heavy atom. The lowest BCUT2D eigenvalue weighted by atomic mass is 10.2. The van der Waals surface area contributed by atoms with Crippen LogP contribution in [0.4, 0.5) is 27.6 Å². The highest BCUT2D eigenvalue weighted by Gasteiger charge is 2.37. The summed E-state index contributed by atoms with van der Waals surface area (Å²) in [5, 5.41) is 10.2. The van der Waals surface area contributed by atoms with Crippen LogP contribution >= 0.6 is 0 Å². The summed E-state index contributed by atoms with van der Waals surface area (Å²) in [6, 6.07) is 0.625. The first-order valence-corrected chi connectivity index (χ1v) is 3.60. The van der Waals surface area contributed by atoms with Gasteiger partial charge in [0.15, 0.2) is 5.82 Å². The maximum absolute atomic E-state index is 12.8. The van der Waals surface area contributed by atoms with E-state index in [9.17, 15) is 32.1 Å². The van der Waals surface area contributed by atoms with E-state index in [1.165, 1.54) is 0 Å². The fourth-order valence-corrected chi connectivity index (χ4v) is 0.905. The lowest BCUT2D eigenvalue weighted by Crippen LogP contribution is -2.19. The van der Waals surface area contributed by atoms with Gasteiger partial charge in [-0.2, -0.15) is 4.39 Å². The van der Waals surface area contributed by atoms with Crippen LogP contribution in [-0.2, 0) is 0 Å². The van der Waals surface area contributed by atoms with E-state index in [2.05, 4.69) is 4.74 Å². The van der Waals surface area contributed by atoms with Gasteiger partial charge in [-0.15, -0.1) is 13.2 Å². The molecule has 16 heavy (non-hydrogen) atoms. The normalized spacial score (nSPS) is 11.3. The van der Waals surface area contributed by atoms with Crippen molar-refractivity contribution in [1.29, 1.82) is 0 Å². The van der Waals surface area contributed by atoms with Crippen molar-refractivity contribution in [2.24, 2.45) is 0 Å². The molecule has 0 aliphatic heterocycles. The summed E-state index contributed by atoms with van der Waals surface area (Å²) in [6.07, 6.45) is -5.35. The van der Waals surface area contributed by atoms with Crippen LogP contribution in [0, 0.1) is 21.7 Å². The summed E-state index contributed by atoms with van der Waals surface area (Å²) < 4.78 is 64.0. The molecule has 0 bridgehead atoms. The molecule has 1 aromatic carbocycles. The highest BCUT2D eigenvalue weighted by atomic mass is 19.4. The molecule has 88 valence electrons. The van der Waals surface area contributed by atoms with Gasteiger partial charge in [-0.3, -0.25) is 10.1 Å². The molecular weight excluding hydrogens is 241 g/mol. The number of alkyl halides is 3. The highest BCUT2D eigenvalue weighted by Crippen LogP contribution is 2.36. The zero-order valence-electron chi connectivity index (χ0n) is 7.22. The zero-order valence-corrected chi connectivity index (χ0v) is 7.22. The molecule has 0 spiro atoms. The predicted molar refractivity (Wildman–Crippen MR) is 39.7 cm³/mol. The average Bonchev–Trinajstić information content (AvgIpc) is 2.08. The molecule has 0 fully saturated rings. The van der Waals surface area contributed by atoms with E-state index in [1.807, 2.05) is 0 Å². The lowest BCUT2D eigenvalue weighted by Gasteiger charge is -2.09. The second-order valence-electron chi connectivity index (χ2n) is 2.51. The molecular formula is C7H2F5NO3. The monoisotopic (exact) mass is 243 g/mol. The third-order valence-electron chi connectivity index (χ3n) is 1.43. The summed E-state index contributed by atoms with van der Waals surface area (Å²) >= 11 is 0. The Balaban J connectivity index is 3.35. The zero-order chi connectivity index (χ0) is 12.5. The molecule has 0 aliphatic carbocycles. The standard InChI is InChI=1S/C7H2F5NO3/c8-3-1-2-4(9)6(5(3)13(14)15)16-7(10,11)12/h1-2H. The van der Waals surface area contributed by atoms with Crippen molar-refractivity contribution in [3.05, 3.63) is 33.9 Å². The summed E-state index contributed by atoms with van der Waals surface area (Å²) in [7, 11) is 0. The minimum Gasteiger partial charge on any atom is -0.395 e. The van der Waals surface area contributed by atoms with Gasteiger partial charge in [-0.25, -0.2) is 4.39 Å². The molecule has 0 saturated heterocycles. The van der Waals surface area contributed by atoms with E-state index in [1.54, 1.807) is 0 Å². The molecule has 0 aromatic heterocycles. The predicted octanol–water partition coefficient (Wildman–Crippen LogP) is 2.77. The third kappa shape index (κ3) is 2.55. The van der Waals surface area contributed by atoms with Crippen LogP contribution in [0.3, 0.4) is 0 Å². The number of rotatable bonds is 2. The molecule has 9 heteroatoms. The highest BCUT2D eigenvalue weighted by molar-refractivity contribution is 5.48. The Hall–Kier alpha value is -1.93. The lowest BCUT2D eigenvalue weighted by molar-refractivity contribution is -0.391.